The van der Waals surface area contributed by atoms with Crippen molar-refractivity contribution in [2.45, 2.75) is 25.8 Å². The van der Waals surface area contributed by atoms with Gasteiger partial charge in [0, 0.05) is 19.2 Å². The molecule has 1 atom stereocenters. The highest BCUT2D eigenvalue weighted by atomic mass is 16.2. The quantitative estimate of drug-likeness (QED) is 0.605. The number of imide groups is 1. The zero-order valence-electron chi connectivity index (χ0n) is 11.5. The Morgan fingerprint density at radius 2 is 2.10 bits per heavy atom. The molecule has 3 amide bonds. The molecule has 1 fully saturated rings. The maximum Gasteiger partial charge on any atom is 0.254 e. The number of nitrogens with one attached hydrogen (secondary N) is 1. The summed E-state index contributed by atoms with van der Waals surface area (Å²) in [6.45, 7) is 1.78. The summed E-state index contributed by atoms with van der Waals surface area (Å²) in [6.07, 6.45) is 0.565. The van der Waals surface area contributed by atoms with E-state index in [9.17, 15) is 14.4 Å². The molecule has 2 rings (SSSR count). The van der Waals surface area contributed by atoms with E-state index in [0.717, 1.165) is 10.5 Å². The van der Waals surface area contributed by atoms with E-state index in [1.165, 1.54) is 7.05 Å². The molecular formula is C14H17N3O3. The first kappa shape index (κ1) is 14.0. The molecule has 1 aliphatic rings. The summed E-state index contributed by atoms with van der Waals surface area (Å²) in [5, 5.41) is 2.66. The van der Waals surface area contributed by atoms with Gasteiger partial charge < -0.3 is 11.1 Å². The van der Waals surface area contributed by atoms with Crippen molar-refractivity contribution in [3.05, 3.63) is 29.3 Å². The van der Waals surface area contributed by atoms with Crippen molar-refractivity contribution in [3.63, 3.8) is 0 Å². The Morgan fingerprint density at radius 3 is 2.75 bits per heavy atom. The lowest BCUT2D eigenvalue weighted by Gasteiger charge is -2.28. The van der Waals surface area contributed by atoms with Crippen LogP contribution in [0.25, 0.3) is 0 Å². The van der Waals surface area contributed by atoms with Gasteiger partial charge in [0.25, 0.3) is 11.8 Å². The molecule has 3 N–H and O–H groups in total. The number of anilines is 1. The number of nitrogen functional groups attached to an aromatic ring is 1. The minimum absolute atomic E-state index is 0.226. The molecule has 0 saturated carbocycles. The number of nitrogens with zero attached hydrogens (tertiary/aromatic N) is 1. The van der Waals surface area contributed by atoms with Gasteiger partial charge in [0.15, 0.2) is 0 Å². The SMILES string of the molecule is Cc1cccc(N)c1C(=O)NC1CCC(=O)N(C)C1=O. The minimum Gasteiger partial charge on any atom is -0.398 e. The van der Waals surface area contributed by atoms with E-state index < -0.39 is 6.04 Å². The van der Waals surface area contributed by atoms with E-state index in [4.69, 9.17) is 5.73 Å². The summed E-state index contributed by atoms with van der Waals surface area (Å²) in [6, 6.07) is 4.51. The van der Waals surface area contributed by atoms with Gasteiger partial charge in [-0.2, -0.15) is 0 Å². The third-order valence-corrected chi connectivity index (χ3v) is 3.49. The first-order valence-electron chi connectivity index (χ1n) is 6.38. The number of benzene rings is 1. The van der Waals surface area contributed by atoms with Gasteiger partial charge in [0.2, 0.25) is 5.91 Å². The van der Waals surface area contributed by atoms with E-state index in [1.807, 2.05) is 0 Å². The molecule has 1 heterocycles. The van der Waals surface area contributed by atoms with Crippen LogP contribution in [0.1, 0.15) is 28.8 Å². The predicted octanol–water partition coefficient (Wildman–Crippen LogP) is 0.454. The second-order valence-corrected chi connectivity index (χ2v) is 4.89. The zero-order valence-corrected chi connectivity index (χ0v) is 11.5. The van der Waals surface area contributed by atoms with Gasteiger partial charge in [-0.1, -0.05) is 12.1 Å². The van der Waals surface area contributed by atoms with Crippen molar-refractivity contribution >= 4 is 23.4 Å². The Kier molecular flexibility index (Phi) is 3.74. The van der Waals surface area contributed by atoms with Crippen LogP contribution in [0.15, 0.2) is 18.2 Å². The van der Waals surface area contributed by atoms with E-state index in [2.05, 4.69) is 5.32 Å². The Labute approximate surface area is 116 Å². The molecule has 106 valence electrons. The van der Waals surface area contributed by atoms with Crippen LogP contribution in [0.2, 0.25) is 0 Å². The normalized spacial score (nSPS) is 19.1. The Balaban J connectivity index is 2.16. The minimum atomic E-state index is -0.677. The summed E-state index contributed by atoms with van der Waals surface area (Å²) >= 11 is 0. The number of amides is 3. The first-order chi connectivity index (χ1) is 9.41. The van der Waals surface area contributed by atoms with Gasteiger partial charge in [0.1, 0.15) is 6.04 Å². The predicted molar refractivity (Wildman–Crippen MR) is 73.9 cm³/mol. The van der Waals surface area contributed by atoms with Crippen LogP contribution in [0, 0.1) is 6.92 Å². The number of carbonyl (C=O) groups is 3. The lowest BCUT2D eigenvalue weighted by atomic mass is 10.0. The number of carbonyl (C=O) groups excluding carboxylic acids is 3. The van der Waals surface area contributed by atoms with E-state index in [-0.39, 0.29) is 24.1 Å². The van der Waals surface area contributed by atoms with E-state index >= 15 is 0 Å². The fourth-order valence-electron chi connectivity index (χ4n) is 2.28. The van der Waals surface area contributed by atoms with Gasteiger partial charge in [-0.25, -0.2) is 0 Å². The summed E-state index contributed by atoms with van der Waals surface area (Å²) in [7, 11) is 1.42. The van der Waals surface area contributed by atoms with Crippen LogP contribution in [-0.2, 0) is 9.59 Å². The molecule has 0 radical (unpaired) electrons. The van der Waals surface area contributed by atoms with Gasteiger partial charge in [-0.3, -0.25) is 19.3 Å². The fourth-order valence-corrected chi connectivity index (χ4v) is 2.28. The highest BCUT2D eigenvalue weighted by Gasteiger charge is 2.33. The summed E-state index contributed by atoms with van der Waals surface area (Å²) < 4.78 is 0. The first-order valence-corrected chi connectivity index (χ1v) is 6.38. The number of likely N-dealkylation sites (tertiary alicyclic amines) is 1. The third-order valence-electron chi connectivity index (χ3n) is 3.49. The van der Waals surface area contributed by atoms with Crippen molar-refractivity contribution in [2.24, 2.45) is 0 Å². The molecule has 0 aromatic heterocycles. The molecule has 20 heavy (non-hydrogen) atoms. The molecular weight excluding hydrogens is 258 g/mol. The average molecular weight is 275 g/mol. The van der Waals surface area contributed by atoms with Crippen molar-refractivity contribution < 1.29 is 14.4 Å². The maximum atomic E-state index is 12.2. The summed E-state index contributed by atoms with van der Waals surface area (Å²) in [4.78, 5) is 36.6. The largest absolute Gasteiger partial charge is 0.398 e. The van der Waals surface area contributed by atoms with Crippen LogP contribution < -0.4 is 11.1 Å². The topological polar surface area (TPSA) is 92.5 Å². The van der Waals surface area contributed by atoms with Crippen LogP contribution >= 0.6 is 0 Å². The number of likely N-dealkylation sites (N-methyl/N-ethyl adjacent to an activating group) is 1. The molecule has 6 nitrogen and oxygen atoms in total. The van der Waals surface area contributed by atoms with Gasteiger partial charge >= 0.3 is 0 Å². The molecule has 1 saturated heterocycles. The Morgan fingerprint density at radius 1 is 1.40 bits per heavy atom. The molecule has 1 aromatic rings. The van der Waals surface area contributed by atoms with Crippen molar-refractivity contribution in [1.82, 2.24) is 10.2 Å². The van der Waals surface area contributed by atoms with Crippen molar-refractivity contribution in [3.8, 4) is 0 Å². The highest BCUT2D eigenvalue weighted by molar-refractivity contribution is 6.05. The number of hydrogen-bond donors (Lipinski definition) is 2. The summed E-state index contributed by atoms with van der Waals surface area (Å²) in [5.41, 5.74) is 7.29. The zero-order chi connectivity index (χ0) is 14.9. The monoisotopic (exact) mass is 275 g/mol. The van der Waals surface area contributed by atoms with Crippen LogP contribution in [0.5, 0.6) is 0 Å². The van der Waals surface area contributed by atoms with E-state index in [0.29, 0.717) is 17.7 Å². The van der Waals surface area contributed by atoms with Crippen LogP contribution in [-0.4, -0.2) is 35.7 Å². The Hall–Kier alpha value is -2.37. The molecule has 0 aliphatic carbocycles. The lowest BCUT2D eigenvalue weighted by molar-refractivity contribution is -0.147. The van der Waals surface area contributed by atoms with E-state index in [1.54, 1.807) is 25.1 Å². The van der Waals surface area contributed by atoms with Gasteiger partial charge in [0.05, 0.1) is 5.56 Å². The number of nitrogens with two attached hydrogens (primary N) is 1. The molecule has 0 spiro atoms. The second-order valence-electron chi connectivity index (χ2n) is 4.89. The van der Waals surface area contributed by atoms with Crippen LogP contribution in [0.4, 0.5) is 5.69 Å². The van der Waals surface area contributed by atoms with Gasteiger partial charge in [-0.05, 0) is 25.0 Å². The molecule has 1 aromatic carbocycles. The van der Waals surface area contributed by atoms with Crippen LogP contribution in [0.3, 0.4) is 0 Å². The third kappa shape index (κ3) is 2.49. The average Bonchev–Trinajstić information content (AvgIpc) is 2.39. The fraction of sp³-hybridized carbons (Fsp3) is 0.357. The Bertz CT molecular complexity index is 563. The second kappa shape index (κ2) is 5.32. The molecule has 6 heteroatoms. The number of aryl methyl sites for hydroxylation is 1. The number of rotatable bonds is 2. The lowest BCUT2D eigenvalue weighted by Crippen LogP contribution is -2.53. The smallest absolute Gasteiger partial charge is 0.254 e. The number of piperidine rings is 1. The summed E-state index contributed by atoms with van der Waals surface area (Å²) in [5.74, 6) is -1.00. The van der Waals surface area contributed by atoms with Crippen molar-refractivity contribution in [1.29, 1.82) is 0 Å². The molecule has 1 aliphatic heterocycles. The highest BCUT2D eigenvalue weighted by Crippen LogP contribution is 2.18. The standard InChI is InChI=1S/C14H17N3O3/c1-8-4-3-5-9(15)12(8)13(19)16-10-6-7-11(18)17(2)14(10)20/h3-5,10H,6-7,15H2,1-2H3,(H,16,19). The van der Waals surface area contributed by atoms with Crippen molar-refractivity contribution in [2.75, 3.05) is 12.8 Å². The molecule has 0 bridgehead atoms. The molecule has 1 unspecified atom stereocenters. The number of hydrogen-bond acceptors (Lipinski definition) is 4. The maximum absolute atomic E-state index is 12.2. The van der Waals surface area contributed by atoms with Gasteiger partial charge in [-0.15, -0.1) is 0 Å².